The first-order chi connectivity index (χ1) is 11.7. The summed E-state index contributed by atoms with van der Waals surface area (Å²) in [4.78, 5) is 12.3. The Labute approximate surface area is 142 Å². The van der Waals surface area contributed by atoms with Crippen molar-refractivity contribution in [1.29, 1.82) is 0 Å². The van der Waals surface area contributed by atoms with Crippen LogP contribution in [0.4, 0.5) is 11.4 Å². The third-order valence-corrected chi connectivity index (χ3v) is 3.91. The average molecular weight is 326 g/mol. The molecule has 0 fully saturated rings. The molecule has 1 heterocycles. The van der Waals surface area contributed by atoms with Crippen molar-refractivity contribution in [2.75, 3.05) is 17.4 Å². The fourth-order valence-corrected chi connectivity index (χ4v) is 2.60. The minimum atomic E-state index is -0.354. The molecule has 2 aromatic rings. The SMILES string of the molecule is CCCc1ccc(N[C@H](C)C(=O)Nc2ccc3c(c2)OCO3)cc1. The van der Waals surface area contributed by atoms with Gasteiger partial charge in [0, 0.05) is 17.4 Å². The normalized spacial score (nSPS) is 13.4. The highest BCUT2D eigenvalue weighted by molar-refractivity contribution is 5.96. The van der Waals surface area contributed by atoms with E-state index in [9.17, 15) is 4.79 Å². The molecule has 3 rings (SSSR count). The molecule has 1 aliphatic heterocycles. The molecule has 126 valence electrons. The number of nitrogens with one attached hydrogen (secondary N) is 2. The summed E-state index contributed by atoms with van der Waals surface area (Å²) in [5, 5.41) is 6.10. The van der Waals surface area contributed by atoms with Crippen LogP contribution >= 0.6 is 0 Å². The van der Waals surface area contributed by atoms with Gasteiger partial charge in [-0.25, -0.2) is 0 Å². The van der Waals surface area contributed by atoms with E-state index in [0.29, 0.717) is 17.2 Å². The standard InChI is InChI=1S/C19H22N2O3/c1-3-4-14-5-7-15(8-6-14)20-13(2)19(22)21-16-9-10-17-18(11-16)24-12-23-17/h5-11,13,20H,3-4,12H2,1-2H3,(H,21,22)/t13-/m1/s1. The summed E-state index contributed by atoms with van der Waals surface area (Å²) in [6, 6.07) is 13.2. The lowest BCUT2D eigenvalue weighted by Gasteiger charge is -2.16. The first-order valence-electron chi connectivity index (χ1n) is 8.21. The van der Waals surface area contributed by atoms with Crippen LogP contribution in [0.3, 0.4) is 0 Å². The summed E-state index contributed by atoms with van der Waals surface area (Å²) in [6.45, 7) is 4.22. The van der Waals surface area contributed by atoms with Crippen molar-refractivity contribution in [2.24, 2.45) is 0 Å². The smallest absolute Gasteiger partial charge is 0.246 e. The molecule has 1 aliphatic rings. The molecule has 0 saturated carbocycles. The summed E-state index contributed by atoms with van der Waals surface area (Å²) in [5.74, 6) is 1.25. The summed E-state index contributed by atoms with van der Waals surface area (Å²) in [5.41, 5.74) is 2.93. The number of hydrogen-bond donors (Lipinski definition) is 2. The molecule has 0 unspecified atom stereocenters. The van der Waals surface area contributed by atoms with Gasteiger partial charge in [-0.1, -0.05) is 25.5 Å². The number of anilines is 2. The third kappa shape index (κ3) is 3.79. The Morgan fingerprint density at radius 2 is 1.79 bits per heavy atom. The highest BCUT2D eigenvalue weighted by Crippen LogP contribution is 2.34. The van der Waals surface area contributed by atoms with Crippen LogP contribution in [0.15, 0.2) is 42.5 Å². The van der Waals surface area contributed by atoms with E-state index in [1.54, 1.807) is 18.2 Å². The summed E-state index contributed by atoms with van der Waals surface area (Å²) in [6.07, 6.45) is 2.20. The van der Waals surface area contributed by atoms with Gasteiger partial charge in [-0.3, -0.25) is 4.79 Å². The van der Waals surface area contributed by atoms with Crippen molar-refractivity contribution in [1.82, 2.24) is 0 Å². The maximum absolute atomic E-state index is 12.3. The van der Waals surface area contributed by atoms with Crippen molar-refractivity contribution in [3.8, 4) is 11.5 Å². The van der Waals surface area contributed by atoms with Crippen LogP contribution in [0.25, 0.3) is 0 Å². The number of rotatable bonds is 6. The summed E-state index contributed by atoms with van der Waals surface area (Å²) >= 11 is 0. The largest absolute Gasteiger partial charge is 0.454 e. The molecule has 24 heavy (non-hydrogen) atoms. The first-order valence-corrected chi connectivity index (χ1v) is 8.21. The average Bonchev–Trinajstić information content (AvgIpc) is 3.04. The first kappa shape index (κ1) is 16.2. The molecule has 0 spiro atoms. The van der Waals surface area contributed by atoms with Gasteiger partial charge in [0.1, 0.15) is 6.04 Å². The molecule has 0 aliphatic carbocycles. The van der Waals surface area contributed by atoms with Crippen LogP contribution in [0.5, 0.6) is 11.5 Å². The second-order valence-corrected chi connectivity index (χ2v) is 5.87. The maximum Gasteiger partial charge on any atom is 0.246 e. The van der Waals surface area contributed by atoms with Gasteiger partial charge in [-0.15, -0.1) is 0 Å². The second-order valence-electron chi connectivity index (χ2n) is 5.87. The minimum absolute atomic E-state index is 0.105. The molecule has 0 saturated heterocycles. The Kier molecular flexibility index (Phi) is 4.89. The van der Waals surface area contributed by atoms with Gasteiger partial charge in [0.2, 0.25) is 12.7 Å². The van der Waals surface area contributed by atoms with Crippen LogP contribution < -0.4 is 20.1 Å². The van der Waals surface area contributed by atoms with Crippen LogP contribution in [-0.2, 0) is 11.2 Å². The molecule has 1 amide bonds. The molecule has 0 aromatic heterocycles. The lowest BCUT2D eigenvalue weighted by atomic mass is 10.1. The van der Waals surface area contributed by atoms with Gasteiger partial charge in [0.05, 0.1) is 0 Å². The van der Waals surface area contributed by atoms with E-state index in [1.807, 2.05) is 19.1 Å². The quantitative estimate of drug-likeness (QED) is 0.847. The van der Waals surface area contributed by atoms with Crippen LogP contribution in [0, 0.1) is 0 Å². The fraction of sp³-hybridized carbons (Fsp3) is 0.316. The summed E-state index contributed by atoms with van der Waals surface area (Å²) in [7, 11) is 0. The van der Waals surface area contributed by atoms with Crippen molar-refractivity contribution < 1.29 is 14.3 Å². The predicted octanol–water partition coefficient (Wildman–Crippen LogP) is 3.81. The van der Waals surface area contributed by atoms with Gasteiger partial charge in [0.15, 0.2) is 11.5 Å². The van der Waals surface area contributed by atoms with Crippen molar-refractivity contribution in [2.45, 2.75) is 32.7 Å². The molecular weight excluding hydrogens is 304 g/mol. The monoisotopic (exact) mass is 326 g/mol. The van der Waals surface area contributed by atoms with E-state index >= 15 is 0 Å². The molecule has 2 aromatic carbocycles. The highest BCUT2D eigenvalue weighted by Gasteiger charge is 2.16. The molecule has 0 radical (unpaired) electrons. The van der Waals surface area contributed by atoms with Crippen LogP contribution in [0.1, 0.15) is 25.8 Å². The maximum atomic E-state index is 12.3. The van der Waals surface area contributed by atoms with Crippen molar-refractivity contribution >= 4 is 17.3 Å². The number of aryl methyl sites for hydroxylation is 1. The number of benzene rings is 2. The van der Waals surface area contributed by atoms with E-state index in [2.05, 4.69) is 29.7 Å². The van der Waals surface area contributed by atoms with Crippen molar-refractivity contribution in [3.63, 3.8) is 0 Å². The van der Waals surface area contributed by atoms with E-state index in [0.717, 1.165) is 18.5 Å². The zero-order valence-corrected chi connectivity index (χ0v) is 14.0. The zero-order chi connectivity index (χ0) is 16.9. The Morgan fingerprint density at radius 3 is 2.54 bits per heavy atom. The number of amides is 1. The highest BCUT2D eigenvalue weighted by atomic mass is 16.7. The number of hydrogen-bond acceptors (Lipinski definition) is 4. The van der Waals surface area contributed by atoms with Gasteiger partial charge < -0.3 is 20.1 Å². The molecule has 5 heteroatoms. The van der Waals surface area contributed by atoms with Gasteiger partial charge in [-0.2, -0.15) is 0 Å². The fourth-order valence-electron chi connectivity index (χ4n) is 2.60. The molecule has 5 nitrogen and oxygen atoms in total. The van der Waals surface area contributed by atoms with Gasteiger partial charge in [-0.05, 0) is 43.2 Å². The Morgan fingerprint density at radius 1 is 1.08 bits per heavy atom. The third-order valence-electron chi connectivity index (χ3n) is 3.91. The lowest BCUT2D eigenvalue weighted by molar-refractivity contribution is -0.116. The van der Waals surface area contributed by atoms with Gasteiger partial charge in [0.25, 0.3) is 0 Å². The van der Waals surface area contributed by atoms with Gasteiger partial charge >= 0.3 is 0 Å². The van der Waals surface area contributed by atoms with E-state index < -0.39 is 0 Å². The zero-order valence-electron chi connectivity index (χ0n) is 14.0. The number of fused-ring (bicyclic) bond motifs is 1. The Bertz CT molecular complexity index is 713. The van der Waals surface area contributed by atoms with E-state index in [4.69, 9.17) is 9.47 Å². The number of carbonyl (C=O) groups is 1. The topological polar surface area (TPSA) is 59.6 Å². The molecular formula is C19H22N2O3. The van der Waals surface area contributed by atoms with Crippen LogP contribution in [-0.4, -0.2) is 18.7 Å². The van der Waals surface area contributed by atoms with Crippen molar-refractivity contribution in [3.05, 3.63) is 48.0 Å². The Balaban J connectivity index is 1.58. The summed E-state index contributed by atoms with van der Waals surface area (Å²) < 4.78 is 10.6. The minimum Gasteiger partial charge on any atom is -0.454 e. The van der Waals surface area contributed by atoms with Crippen LogP contribution in [0.2, 0.25) is 0 Å². The number of carbonyl (C=O) groups excluding carboxylic acids is 1. The Hall–Kier alpha value is -2.69. The second kappa shape index (κ2) is 7.25. The lowest BCUT2D eigenvalue weighted by Crippen LogP contribution is -2.31. The predicted molar refractivity (Wildman–Crippen MR) is 94.7 cm³/mol. The van der Waals surface area contributed by atoms with E-state index in [-0.39, 0.29) is 18.7 Å². The number of ether oxygens (including phenoxy) is 2. The molecule has 1 atom stereocenters. The molecule has 2 N–H and O–H groups in total. The van der Waals surface area contributed by atoms with E-state index in [1.165, 1.54) is 5.56 Å². The molecule has 0 bridgehead atoms.